The second kappa shape index (κ2) is 8.86. The Balaban J connectivity index is 1.26. The van der Waals surface area contributed by atoms with Gasteiger partial charge in [0.1, 0.15) is 24.6 Å². The molecular weight excluding hydrogens is 418 g/mol. The summed E-state index contributed by atoms with van der Waals surface area (Å²) in [5.41, 5.74) is 3.29. The molecule has 0 saturated carbocycles. The number of imidazole rings is 1. The molecule has 1 aliphatic rings. The summed E-state index contributed by atoms with van der Waals surface area (Å²) in [6.07, 6.45) is 3.65. The number of aryl methyl sites for hydroxylation is 1. The summed E-state index contributed by atoms with van der Waals surface area (Å²) in [6, 6.07) is 18.8. The predicted octanol–water partition coefficient (Wildman–Crippen LogP) is 4.13. The first kappa shape index (κ1) is 20.9. The fourth-order valence-electron chi connectivity index (χ4n) is 3.94. The molecule has 5 rings (SSSR count). The average molecular weight is 444 g/mol. The lowest BCUT2D eigenvalue weighted by molar-refractivity contribution is 0.0518. The van der Waals surface area contributed by atoms with Crippen molar-refractivity contribution in [2.24, 2.45) is 0 Å². The smallest absolute Gasteiger partial charge is 0.257 e. The highest BCUT2D eigenvalue weighted by Gasteiger charge is 2.25. The van der Waals surface area contributed by atoms with Gasteiger partial charge in [0, 0.05) is 19.4 Å². The summed E-state index contributed by atoms with van der Waals surface area (Å²) in [4.78, 5) is 19.5. The van der Waals surface area contributed by atoms with E-state index in [0.717, 1.165) is 22.7 Å². The van der Waals surface area contributed by atoms with Gasteiger partial charge in [-0.15, -0.1) is 0 Å². The lowest BCUT2D eigenvalue weighted by atomic mass is 10.1. The van der Waals surface area contributed by atoms with Crippen molar-refractivity contribution in [1.29, 1.82) is 0 Å². The van der Waals surface area contributed by atoms with Crippen molar-refractivity contribution < 1.29 is 19.0 Å². The van der Waals surface area contributed by atoms with E-state index in [1.807, 2.05) is 72.2 Å². The summed E-state index contributed by atoms with van der Waals surface area (Å²) >= 11 is 0. The van der Waals surface area contributed by atoms with Gasteiger partial charge in [0.2, 0.25) is 0 Å². The number of rotatable bonds is 6. The van der Waals surface area contributed by atoms with Gasteiger partial charge in [-0.3, -0.25) is 4.79 Å². The van der Waals surface area contributed by atoms with Gasteiger partial charge in [-0.05, 0) is 42.8 Å². The maximum absolute atomic E-state index is 13.2. The molecule has 1 amide bonds. The molecule has 3 heterocycles. The van der Waals surface area contributed by atoms with Gasteiger partial charge < -0.3 is 23.5 Å². The quantitative estimate of drug-likeness (QED) is 0.448. The Bertz CT molecular complexity index is 1300. The highest BCUT2D eigenvalue weighted by Crippen LogP contribution is 2.31. The summed E-state index contributed by atoms with van der Waals surface area (Å²) < 4.78 is 19.8. The maximum Gasteiger partial charge on any atom is 0.257 e. The van der Waals surface area contributed by atoms with Crippen molar-refractivity contribution in [1.82, 2.24) is 14.3 Å². The van der Waals surface area contributed by atoms with E-state index in [0.29, 0.717) is 30.2 Å². The van der Waals surface area contributed by atoms with Gasteiger partial charge in [0.15, 0.2) is 17.6 Å². The number of hydrogen-bond donors (Lipinski definition) is 0. The summed E-state index contributed by atoms with van der Waals surface area (Å²) in [5, 5.41) is 0. The number of benzene rings is 2. The molecule has 0 bridgehead atoms. The van der Waals surface area contributed by atoms with E-state index < -0.39 is 0 Å². The molecule has 0 radical (unpaired) electrons. The summed E-state index contributed by atoms with van der Waals surface area (Å²) in [7, 11) is 1.76. The first-order valence-electron chi connectivity index (χ1n) is 10.9. The van der Waals surface area contributed by atoms with Gasteiger partial charge in [-0.1, -0.05) is 30.3 Å². The molecule has 168 valence electrons. The summed E-state index contributed by atoms with van der Waals surface area (Å²) in [5.74, 6) is 1.80. The van der Waals surface area contributed by atoms with Crippen LogP contribution in [0.15, 0.2) is 73.1 Å². The van der Waals surface area contributed by atoms with Crippen molar-refractivity contribution in [3.05, 3.63) is 89.9 Å². The number of para-hydroxylation sites is 3. The van der Waals surface area contributed by atoms with E-state index in [4.69, 9.17) is 14.2 Å². The lowest BCUT2D eigenvalue weighted by Gasteiger charge is -2.29. The number of hydrogen-bond acceptors (Lipinski definition) is 5. The number of aromatic nitrogens is 2. The van der Waals surface area contributed by atoms with E-state index in [9.17, 15) is 4.79 Å². The largest absolute Gasteiger partial charge is 0.486 e. The van der Waals surface area contributed by atoms with Gasteiger partial charge in [-0.2, -0.15) is 0 Å². The normalized spacial score (nSPS) is 14.8. The Kier molecular flexibility index (Phi) is 5.60. The molecule has 33 heavy (non-hydrogen) atoms. The highest BCUT2D eigenvalue weighted by molar-refractivity contribution is 5.96. The third-order valence-corrected chi connectivity index (χ3v) is 5.61. The van der Waals surface area contributed by atoms with Crippen LogP contribution in [0.1, 0.15) is 21.6 Å². The van der Waals surface area contributed by atoms with Crippen molar-refractivity contribution in [3.63, 3.8) is 0 Å². The zero-order valence-corrected chi connectivity index (χ0v) is 18.6. The standard InChI is InChI=1S/C26H25N3O4/c1-18-8-7-13-29-14-19(27-25(18)29)16-31-22-10-4-3-9-21(22)26(30)28(2)15-20-17-32-23-11-5-6-12-24(23)33-20/h3-14,20H,15-17H2,1-2H3. The molecule has 0 saturated heterocycles. The fourth-order valence-corrected chi connectivity index (χ4v) is 3.94. The number of nitrogens with zero attached hydrogens (tertiary/aromatic N) is 3. The number of carbonyl (C=O) groups excluding carboxylic acids is 1. The van der Waals surface area contributed by atoms with Crippen LogP contribution in [0.2, 0.25) is 0 Å². The number of amides is 1. The van der Waals surface area contributed by atoms with E-state index in [1.54, 1.807) is 24.1 Å². The van der Waals surface area contributed by atoms with Crippen LogP contribution < -0.4 is 14.2 Å². The third kappa shape index (κ3) is 4.35. The molecule has 7 nitrogen and oxygen atoms in total. The first-order chi connectivity index (χ1) is 16.1. The average Bonchev–Trinajstić information content (AvgIpc) is 3.27. The Morgan fingerprint density at radius 3 is 2.76 bits per heavy atom. The molecular formula is C26H25N3O4. The Labute approximate surface area is 192 Å². The Morgan fingerprint density at radius 2 is 1.91 bits per heavy atom. The second-order valence-corrected chi connectivity index (χ2v) is 8.12. The van der Waals surface area contributed by atoms with Crippen molar-refractivity contribution in [2.45, 2.75) is 19.6 Å². The Morgan fingerprint density at radius 1 is 1.12 bits per heavy atom. The molecule has 0 aliphatic carbocycles. The molecule has 1 aliphatic heterocycles. The van der Waals surface area contributed by atoms with Gasteiger partial charge in [0.25, 0.3) is 5.91 Å². The number of carbonyl (C=O) groups is 1. The van der Waals surface area contributed by atoms with E-state index in [-0.39, 0.29) is 18.6 Å². The van der Waals surface area contributed by atoms with E-state index >= 15 is 0 Å². The molecule has 1 atom stereocenters. The SMILES string of the molecule is Cc1cccn2cc(COc3ccccc3C(=O)N(C)CC3COc4ccccc4O3)nc12. The van der Waals surface area contributed by atoms with Gasteiger partial charge in [-0.25, -0.2) is 4.98 Å². The molecule has 2 aromatic heterocycles. The van der Waals surface area contributed by atoms with Gasteiger partial charge >= 0.3 is 0 Å². The zero-order chi connectivity index (χ0) is 22.8. The van der Waals surface area contributed by atoms with Crippen LogP contribution in [-0.2, 0) is 6.61 Å². The third-order valence-electron chi connectivity index (χ3n) is 5.61. The highest BCUT2D eigenvalue weighted by atomic mass is 16.6. The monoisotopic (exact) mass is 443 g/mol. The molecule has 7 heteroatoms. The molecule has 0 spiro atoms. The Hall–Kier alpha value is -4.00. The van der Waals surface area contributed by atoms with Crippen LogP contribution in [0.5, 0.6) is 17.2 Å². The molecule has 2 aromatic carbocycles. The molecule has 0 N–H and O–H groups in total. The van der Waals surface area contributed by atoms with Crippen LogP contribution in [-0.4, -0.2) is 46.5 Å². The number of fused-ring (bicyclic) bond motifs is 2. The minimum absolute atomic E-state index is 0.140. The molecule has 1 unspecified atom stereocenters. The van der Waals surface area contributed by atoms with Crippen LogP contribution in [0.4, 0.5) is 0 Å². The van der Waals surface area contributed by atoms with Crippen molar-refractivity contribution in [2.75, 3.05) is 20.2 Å². The predicted molar refractivity (Wildman–Crippen MR) is 124 cm³/mol. The van der Waals surface area contributed by atoms with Crippen LogP contribution in [0.3, 0.4) is 0 Å². The number of likely N-dealkylation sites (N-methyl/N-ethyl adjacent to an activating group) is 1. The van der Waals surface area contributed by atoms with Crippen molar-refractivity contribution in [3.8, 4) is 17.2 Å². The topological polar surface area (TPSA) is 65.3 Å². The lowest BCUT2D eigenvalue weighted by Crippen LogP contribution is -2.41. The van der Waals surface area contributed by atoms with E-state index in [2.05, 4.69) is 4.98 Å². The second-order valence-electron chi connectivity index (χ2n) is 8.12. The van der Waals surface area contributed by atoms with Crippen LogP contribution in [0, 0.1) is 6.92 Å². The summed E-state index contributed by atoms with van der Waals surface area (Å²) in [6.45, 7) is 3.08. The minimum atomic E-state index is -0.247. The molecule has 4 aromatic rings. The number of pyridine rings is 1. The minimum Gasteiger partial charge on any atom is -0.486 e. The van der Waals surface area contributed by atoms with Crippen LogP contribution in [0.25, 0.3) is 5.65 Å². The number of ether oxygens (including phenoxy) is 3. The van der Waals surface area contributed by atoms with Gasteiger partial charge in [0.05, 0.1) is 17.8 Å². The van der Waals surface area contributed by atoms with Crippen LogP contribution >= 0.6 is 0 Å². The maximum atomic E-state index is 13.2. The molecule has 0 fully saturated rings. The van der Waals surface area contributed by atoms with Crippen molar-refractivity contribution >= 4 is 11.6 Å². The van der Waals surface area contributed by atoms with E-state index in [1.165, 1.54) is 0 Å². The fraction of sp³-hybridized carbons (Fsp3) is 0.231. The first-order valence-corrected chi connectivity index (χ1v) is 10.9. The zero-order valence-electron chi connectivity index (χ0n) is 18.6.